The maximum absolute atomic E-state index is 12.3. The van der Waals surface area contributed by atoms with E-state index >= 15 is 0 Å². The molecule has 0 unspecified atom stereocenters. The molecular formula is C18H19N5O2. The topological polar surface area (TPSA) is 92.1 Å². The predicted molar refractivity (Wildman–Crippen MR) is 94.8 cm³/mol. The van der Waals surface area contributed by atoms with E-state index in [0.717, 1.165) is 11.1 Å². The monoisotopic (exact) mass is 337 g/mol. The summed E-state index contributed by atoms with van der Waals surface area (Å²) >= 11 is 0. The number of rotatable bonds is 4. The van der Waals surface area contributed by atoms with Crippen LogP contribution in [-0.4, -0.2) is 25.9 Å². The molecule has 7 nitrogen and oxygen atoms in total. The van der Waals surface area contributed by atoms with E-state index in [2.05, 4.69) is 20.7 Å². The Bertz CT molecular complexity index is 890. The minimum absolute atomic E-state index is 0.162. The number of benzene rings is 1. The van der Waals surface area contributed by atoms with Crippen LogP contribution in [0.15, 0.2) is 54.9 Å². The van der Waals surface area contributed by atoms with Crippen LogP contribution in [-0.2, 0) is 0 Å². The van der Waals surface area contributed by atoms with Crippen LogP contribution in [0.4, 0.5) is 10.6 Å². The molecule has 3 aromatic rings. The SMILES string of the molecule is Cc1ccnc(-n2nccc2NC(=O)N[C@@H](C)c2cccc(O)c2)c1. The number of aromatic nitrogens is 3. The second kappa shape index (κ2) is 7.04. The number of carbonyl (C=O) groups is 1. The molecule has 0 aliphatic rings. The largest absolute Gasteiger partial charge is 0.508 e. The van der Waals surface area contributed by atoms with Crippen LogP contribution in [0, 0.1) is 6.92 Å². The van der Waals surface area contributed by atoms with Gasteiger partial charge in [0.25, 0.3) is 0 Å². The number of pyridine rings is 1. The number of aromatic hydroxyl groups is 1. The first kappa shape index (κ1) is 16.5. The standard InChI is InChI=1S/C18H19N5O2/c1-12-6-8-19-17(10-12)23-16(7-9-20-23)22-18(25)21-13(2)14-4-3-5-15(24)11-14/h3-11,13,24H,1-2H3,(H2,21,22,25)/t13-/m0/s1. The minimum Gasteiger partial charge on any atom is -0.508 e. The molecular weight excluding hydrogens is 318 g/mol. The number of carbonyl (C=O) groups excluding carboxylic acids is 1. The molecule has 1 aromatic carbocycles. The Morgan fingerprint density at radius 2 is 2.04 bits per heavy atom. The lowest BCUT2D eigenvalue weighted by Crippen LogP contribution is -2.31. The average molecular weight is 337 g/mol. The summed E-state index contributed by atoms with van der Waals surface area (Å²) in [5.41, 5.74) is 1.86. The molecule has 7 heteroatoms. The van der Waals surface area contributed by atoms with E-state index in [9.17, 15) is 9.90 Å². The van der Waals surface area contributed by atoms with Gasteiger partial charge in [-0.2, -0.15) is 9.78 Å². The molecule has 0 saturated heterocycles. The van der Waals surface area contributed by atoms with Crippen molar-refractivity contribution < 1.29 is 9.90 Å². The number of hydrogen-bond acceptors (Lipinski definition) is 4. The first-order chi connectivity index (χ1) is 12.0. The summed E-state index contributed by atoms with van der Waals surface area (Å²) in [6.45, 7) is 3.80. The van der Waals surface area contributed by atoms with Crippen molar-refractivity contribution in [2.75, 3.05) is 5.32 Å². The number of hydrogen-bond donors (Lipinski definition) is 3. The number of anilines is 1. The molecule has 0 aliphatic carbocycles. The summed E-state index contributed by atoms with van der Waals surface area (Å²) in [5.74, 6) is 1.30. The van der Waals surface area contributed by atoms with E-state index in [1.807, 2.05) is 32.0 Å². The molecule has 2 aromatic heterocycles. The zero-order valence-electron chi connectivity index (χ0n) is 14.0. The Kier molecular flexibility index (Phi) is 4.65. The van der Waals surface area contributed by atoms with Crippen molar-refractivity contribution in [3.63, 3.8) is 0 Å². The Labute approximate surface area is 145 Å². The van der Waals surface area contributed by atoms with Crippen molar-refractivity contribution >= 4 is 11.8 Å². The van der Waals surface area contributed by atoms with Crippen LogP contribution in [0.5, 0.6) is 5.75 Å². The molecule has 0 spiro atoms. The Morgan fingerprint density at radius 3 is 2.80 bits per heavy atom. The van der Waals surface area contributed by atoms with Crippen molar-refractivity contribution in [3.8, 4) is 11.6 Å². The van der Waals surface area contributed by atoms with E-state index < -0.39 is 0 Å². The van der Waals surface area contributed by atoms with E-state index in [-0.39, 0.29) is 17.8 Å². The van der Waals surface area contributed by atoms with Gasteiger partial charge in [-0.1, -0.05) is 12.1 Å². The Hall–Kier alpha value is -3.35. The van der Waals surface area contributed by atoms with Crippen LogP contribution in [0.25, 0.3) is 5.82 Å². The molecule has 2 amide bonds. The molecule has 1 atom stereocenters. The van der Waals surface area contributed by atoms with Gasteiger partial charge in [-0.15, -0.1) is 0 Å². The highest BCUT2D eigenvalue weighted by Gasteiger charge is 2.13. The van der Waals surface area contributed by atoms with Crippen LogP contribution < -0.4 is 10.6 Å². The zero-order valence-corrected chi connectivity index (χ0v) is 14.0. The lowest BCUT2D eigenvalue weighted by Gasteiger charge is -2.15. The fraction of sp³-hybridized carbons (Fsp3) is 0.167. The van der Waals surface area contributed by atoms with Gasteiger partial charge in [0.1, 0.15) is 11.6 Å². The highest BCUT2D eigenvalue weighted by molar-refractivity contribution is 5.88. The normalized spacial score (nSPS) is 11.8. The number of urea groups is 1. The van der Waals surface area contributed by atoms with Crippen molar-refractivity contribution in [2.45, 2.75) is 19.9 Å². The number of phenols is 1. The molecule has 0 bridgehead atoms. The fourth-order valence-electron chi connectivity index (χ4n) is 2.44. The zero-order chi connectivity index (χ0) is 17.8. The van der Waals surface area contributed by atoms with Gasteiger partial charge in [-0.05, 0) is 49.2 Å². The van der Waals surface area contributed by atoms with Gasteiger partial charge >= 0.3 is 6.03 Å². The second-order valence-corrected chi connectivity index (χ2v) is 5.73. The van der Waals surface area contributed by atoms with Crippen molar-refractivity contribution in [1.29, 1.82) is 0 Å². The third-order valence-corrected chi connectivity index (χ3v) is 3.72. The molecule has 3 N–H and O–H groups in total. The number of nitrogens with one attached hydrogen (secondary N) is 2. The van der Waals surface area contributed by atoms with Crippen molar-refractivity contribution in [1.82, 2.24) is 20.1 Å². The third-order valence-electron chi connectivity index (χ3n) is 3.72. The van der Waals surface area contributed by atoms with E-state index in [0.29, 0.717) is 11.6 Å². The Balaban J connectivity index is 1.71. The number of amides is 2. The van der Waals surface area contributed by atoms with Gasteiger partial charge in [-0.3, -0.25) is 5.32 Å². The van der Waals surface area contributed by atoms with Gasteiger partial charge in [0.05, 0.1) is 12.2 Å². The van der Waals surface area contributed by atoms with E-state index in [1.165, 1.54) is 0 Å². The molecule has 0 saturated carbocycles. The van der Waals surface area contributed by atoms with Crippen molar-refractivity contribution in [2.24, 2.45) is 0 Å². The van der Waals surface area contributed by atoms with E-state index in [4.69, 9.17) is 0 Å². The third kappa shape index (κ3) is 3.95. The highest BCUT2D eigenvalue weighted by atomic mass is 16.3. The molecule has 0 aliphatic heterocycles. The molecule has 128 valence electrons. The van der Waals surface area contributed by atoms with Crippen LogP contribution >= 0.6 is 0 Å². The number of nitrogens with zero attached hydrogens (tertiary/aromatic N) is 3. The summed E-state index contributed by atoms with van der Waals surface area (Å²) in [6.07, 6.45) is 3.29. The lowest BCUT2D eigenvalue weighted by molar-refractivity contribution is 0.249. The maximum Gasteiger partial charge on any atom is 0.320 e. The summed E-state index contributed by atoms with van der Waals surface area (Å²) in [7, 11) is 0. The first-order valence-electron chi connectivity index (χ1n) is 7.86. The molecule has 2 heterocycles. The number of aryl methyl sites for hydroxylation is 1. The van der Waals surface area contributed by atoms with Gasteiger partial charge in [0.2, 0.25) is 0 Å². The van der Waals surface area contributed by atoms with Gasteiger partial charge in [0, 0.05) is 12.3 Å². The van der Waals surface area contributed by atoms with Crippen LogP contribution in [0.3, 0.4) is 0 Å². The summed E-state index contributed by atoms with van der Waals surface area (Å²) < 4.78 is 1.56. The summed E-state index contributed by atoms with van der Waals surface area (Å²) in [6, 6.07) is 11.6. The summed E-state index contributed by atoms with van der Waals surface area (Å²) in [4.78, 5) is 16.6. The smallest absolute Gasteiger partial charge is 0.320 e. The van der Waals surface area contributed by atoms with E-state index in [1.54, 1.807) is 41.3 Å². The van der Waals surface area contributed by atoms with Gasteiger partial charge in [0.15, 0.2) is 5.82 Å². The predicted octanol–water partition coefficient (Wildman–Crippen LogP) is 3.16. The lowest BCUT2D eigenvalue weighted by atomic mass is 10.1. The molecule has 0 radical (unpaired) electrons. The second-order valence-electron chi connectivity index (χ2n) is 5.73. The quantitative estimate of drug-likeness (QED) is 0.682. The average Bonchev–Trinajstić information content (AvgIpc) is 3.02. The maximum atomic E-state index is 12.3. The number of phenolic OH excluding ortho intramolecular Hbond substituents is 1. The van der Waals surface area contributed by atoms with Gasteiger partial charge < -0.3 is 10.4 Å². The van der Waals surface area contributed by atoms with Crippen LogP contribution in [0.1, 0.15) is 24.1 Å². The molecule has 3 rings (SSSR count). The first-order valence-corrected chi connectivity index (χ1v) is 7.86. The van der Waals surface area contributed by atoms with Gasteiger partial charge in [-0.25, -0.2) is 9.78 Å². The minimum atomic E-state index is -0.370. The summed E-state index contributed by atoms with van der Waals surface area (Å²) in [5, 5.41) is 19.4. The van der Waals surface area contributed by atoms with Crippen molar-refractivity contribution in [3.05, 3.63) is 66.0 Å². The Morgan fingerprint density at radius 1 is 1.20 bits per heavy atom. The highest BCUT2D eigenvalue weighted by Crippen LogP contribution is 2.18. The fourth-order valence-corrected chi connectivity index (χ4v) is 2.44. The molecule has 25 heavy (non-hydrogen) atoms. The molecule has 0 fully saturated rings. The van der Waals surface area contributed by atoms with Crippen LogP contribution in [0.2, 0.25) is 0 Å².